The summed E-state index contributed by atoms with van der Waals surface area (Å²) < 4.78 is 1.66. The zero-order valence-electron chi connectivity index (χ0n) is 6.03. The van der Waals surface area contributed by atoms with E-state index in [2.05, 4.69) is 10.1 Å². The van der Waals surface area contributed by atoms with E-state index in [0.717, 1.165) is 5.52 Å². The number of aromatic amines is 1. The maximum absolute atomic E-state index is 11.1. The SMILES string of the molecule is Cn1[nH]c(=O)c2ccncc21. The predicted molar refractivity (Wildman–Crippen MR) is 41.3 cm³/mol. The number of aryl methyl sites for hydroxylation is 1. The third-order valence-electron chi connectivity index (χ3n) is 1.68. The Hall–Kier alpha value is -1.58. The van der Waals surface area contributed by atoms with E-state index in [9.17, 15) is 4.79 Å². The van der Waals surface area contributed by atoms with Crippen LogP contribution < -0.4 is 5.56 Å². The van der Waals surface area contributed by atoms with Gasteiger partial charge in [0, 0.05) is 13.2 Å². The van der Waals surface area contributed by atoms with E-state index in [1.807, 2.05) is 0 Å². The smallest absolute Gasteiger partial charge is 0.272 e. The van der Waals surface area contributed by atoms with E-state index in [-0.39, 0.29) is 5.56 Å². The summed E-state index contributed by atoms with van der Waals surface area (Å²) in [5, 5.41) is 3.32. The van der Waals surface area contributed by atoms with Gasteiger partial charge in [-0.15, -0.1) is 0 Å². The van der Waals surface area contributed by atoms with E-state index in [0.29, 0.717) is 5.39 Å². The number of hydrogen-bond donors (Lipinski definition) is 1. The van der Waals surface area contributed by atoms with Gasteiger partial charge in [-0.1, -0.05) is 0 Å². The molecule has 0 unspecified atom stereocenters. The fourth-order valence-electron chi connectivity index (χ4n) is 1.12. The first kappa shape index (κ1) is 6.15. The Morgan fingerprint density at radius 2 is 2.45 bits per heavy atom. The van der Waals surface area contributed by atoms with Crippen molar-refractivity contribution >= 4 is 10.9 Å². The fourth-order valence-corrected chi connectivity index (χ4v) is 1.12. The van der Waals surface area contributed by atoms with Crippen molar-refractivity contribution in [3.05, 3.63) is 28.8 Å². The molecule has 0 aliphatic rings. The van der Waals surface area contributed by atoms with Gasteiger partial charge in [0.25, 0.3) is 5.56 Å². The van der Waals surface area contributed by atoms with E-state index in [1.165, 1.54) is 0 Å². The molecule has 0 atom stereocenters. The minimum atomic E-state index is -0.0649. The number of rotatable bonds is 0. The van der Waals surface area contributed by atoms with Crippen LogP contribution in [0, 0.1) is 0 Å². The van der Waals surface area contributed by atoms with Crippen LogP contribution in [-0.4, -0.2) is 14.8 Å². The predicted octanol–water partition coefficient (Wildman–Crippen LogP) is 0.262. The molecule has 0 saturated carbocycles. The van der Waals surface area contributed by atoms with Gasteiger partial charge in [-0.2, -0.15) is 0 Å². The second-order valence-electron chi connectivity index (χ2n) is 2.39. The first-order chi connectivity index (χ1) is 5.29. The number of pyridine rings is 1. The molecular weight excluding hydrogens is 142 g/mol. The molecule has 2 rings (SSSR count). The largest absolute Gasteiger partial charge is 0.286 e. The standard InChI is InChI=1S/C7H7N3O/c1-10-6-4-8-3-2-5(6)7(11)9-10/h2-4H,1H3,(H,9,11). The second-order valence-corrected chi connectivity index (χ2v) is 2.39. The lowest BCUT2D eigenvalue weighted by Crippen LogP contribution is -2.01. The van der Waals surface area contributed by atoms with Crippen LogP contribution in [-0.2, 0) is 7.05 Å². The van der Waals surface area contributed by atoms with Gasteiger partial charge in [-0.25, -0.2) is 0 Å². The molecule has 0 saturated heterocycles. The van der Waals surface area contributed by atoms with Crippen LogP contribution >= 0.6 is 0 Å². The van der Waals surface area contributed by atoms with Gasteiger partial charge >= 0.3 is 0 Å². The summed E-state index contributed by atoms with van der Waals surface area (Å²) in [6.45, 7) is 0. The number of aromatic nitrogens is 3. The van der Waals surface area contributed by atoms with Crippen LogP contribution in [0.1, 0.15) is 0 Å². The molecule has 0 aliphatic heterocycles. The Bertz CT molecular complexity index is 440. The zero-order chi connectivity index (χ0) is 7.84. The molecule has 4 heteroatoms. The highest BCUT2D eigenvalue weighted by Gasteiger charge is 2.00. The Balaban J connectivity index is 3.07. The lowest BCUT2D eigenvalue weighted by atomic mass is 10.3. The molecule has 0 aromatic carbocycles. The molecule has 0 radical (unpaired) electrons. The summed E-state index contributed by atoms with van der Waals surface area (Å²) in [6, 6.07) is 1.70. The molecule has 0 bridgehead atoms. The van der Waals surface area contributed by atoms with Crippen LogP contribution in [0.3, 0.4) is 0 Å². The Labute approximate surface area is 62.5 Å². The number of nitrogens with one attached hydrogen (secondary N) is 1. The normalized spacial score (nSPS) is 10.6. The highest BCUT2D eigenvalue weighted by Crippen LogP contribution is 2.03. The van der Waals surface area contributed by atoms with Crippen LogP contribution in [0.2, 0.25) is 0 Å². The molecule has 1 N–H and O–H groups in total. The second kappa shape index (κ2) is 1.95. The summed E-state index contributed by atoms with van der Waals surface area (Å²) in [7, 11) is 1.78. The van der Waals surface area contributed by atoms with Crippen molar-refractivity contribution in [2.75, 3.05) is 0 Å². The van der Waals surface area contributed by atoms with E-state index >= 15 is 0 Å². The summed E-state index contributed by atoms with van der Waals surface area (Å²) in [5.41, 5.74) is 0.766. The number of fused-ring (bicyclic) bond motifs is 1. The molecule has 11 heavy (non-hydrogen) atoms. The van der Waals surface area contributed by atoms with Gasteiger partial charge in [0.05, 0.1) is 17.1 Å². The van der Waals surface area contributed by atoms with Crippen molar-refractivity contribution in [2.45, 2.75) is 0 Å². The number of hydrogen-bond acceptors (Lipinski definition) is 2. The van der Waals surface area contributed by atoms with Gasteiger partial charge in [0.1, 0.15) is 0 Å². The quantitative estimate of drug-likeness (QED) is 0.584. The summed E-state index contributed by atoms with van der Waals surface area (Å²) >= 11 is 0. The van der Waals surface area contributed by atoms with Gasteiger partial charge in [0.15, 0.2) is 0 Å². The maximum Gasteiger partial charge on any atom is 0.272 e. The van der Waals surface area contributed by atoms with Crippen LogP contribution in [0.5, 0.6) is 0 Å². The molecule has 2 aromatic rings. The van der Waals surface area contributed by atoms with Crippen molar-refractivity contribution < 1.29 is 0 Å². The molecule has 0 amide bonds. The molecule has 0 aliphatic carbocycles. The lowest BCUT2D eigenvalue weighted by molar-refractivity contribution is 0.782. The average molecular weight is 149 g/mol. The fraction of sp³-hybridized carbons (Fsp3) is 0.143. The monoisotopic (exact) mass is 149 g/mol. The van der Waals surface area contributed by atoms with Crippen molar-refractivity contribution in [3.8, 4) is 0 Å². The Kier molecular flexibility index (Phi) is 1.09. The summed E-state index contributed by atoms with van der Waals surface area (Å²) in [6.07, 6.45) is 3.27. The van der Waals surface area contributed by atoms with Gasteiger partial charge < -0.3 is 0 Å². The van der Waals surface area contributed by atoms with Crippen molar-refractivity contribution in [1.82, 2.24) is 14.8 Å². The van der Waals surface area contributed by atoms with E-state index in [1.54, 1.807) is 30.2 Å². The van der Waals surface area contributed by atoms with Crippen LogP contribution in [0.4, 0.5) is 0 Å². The topological polar surface area (TPSA) is 50.7 Å². The molecule has 4 nitrogen and oxygen atoms in total. The van der Waals surface area contributed by atoms with Gasteiger partial charge in [0.2, 0.25) is 0 Å². The third kappa shape index (κ3) is 0.756. The third-order valence-corrected chi connectivity index (χ3v) is 1.68. The van der Waals surface area contributed by atoms with Gasteiger partial charge in [-0.3, -0.25) is 19.6 Å². The first-order valence-electron chi connectivity index (χ1n) is 3.28. The minimum absolute atomic E-state index is 0.0649. The highest BCUT2D eigenvalue weighted by molar-refractivity contribution is 5.76. The lowest BCUT2D eigenvalue weighted by Gasteiger charge is -1.90. The molecule has 0 fully saturated rings. The van der Waals surface area contributed by atoms with Gasteiger partial charge in [-0.05, 0) is 6.07 Å². The van der Waals surface area contributed by atoms with E-state index < -0.39 is 0 Å². The van der Waals surface area contributed by atoms with Crippen molar-refractivity contribution in [3.63, 3.8) is 0 Å². The number of nitrogens with zero attached hydrogens (tertiary/aromatic N) is 2. The van der Waals surface area contributed by atoms with Crippen LogP contribution in [0.25, 0.3) is 10.9 Å². The number of H-pyrrole nitrogens is 1. The Morgan fingerprint density at radius 3 is 3.18 bits per heavy atom. The van der Waals surface area contributed by atoms with Crippen molar-refractivity contribution in [2.24, 2.45) is 7.05 Å². The van der Waals surface area contributed by atoms with Crippen LogP contribution in [0.15, 0.2) is 23.3 Å². The van der Waals surface area contributed by atoms with E-state index in [4.69, 9.17) is 0 Å². The molecular formula is C7H7N3O. The molecule has 2 aromatic heterocycles. The zero-order valence-corrected chi connectivity index (χ0v) is 6.03. The average Bonchev–Trinajstić information content (AvgIpc) is 2.30. The minimum Gasteiger partial charge on any atom is -0.286 e. The maximum atomic E-state index is 11.1. The molecule has 56 valence electrons. The summed E-state index contributed by atoms with van der Waals surface area (Å²) in [4.78, 5) is 15.0. The molecule has 2 heterocycles. The first-order valence-corrected chi connectivity index (χ1v) is 3.28. The Morgan fingerprint density at radius 1 is 1.64 bits per heavy atom. The van der Waals surface area contributed by atoms with Crippen molar-refractivity contribution in [1.29, 1.82) is 0 Å². The highest BCUT2D eigenvalue weighted by atomic mass is 16.1. The molecule has 0 spiro atoms. The summed E-state index contributed by atoms with van der Waals surface area (Å²) in [5.74, 6) is 0.